The number of nitrogens with zero attached hydrogens (tertiary/aromatic N) is 1. The van der Waals surface area contributed by atoms with E-state index < -0.39 is 0 Å². The first-order valence-corrected chi connectivity index (χ1v) is 9.05. The van der Waals surface area contributed by atoms with Gasteiger partial charge in [0, 0.05) is 11.7 Å². The van der Waals surface area contributed by atoms with Gasteiger partial charge in [-0.3, -0.25) is 4.90 Å². The van der Waals surface area contributed by atoms with E-state index in [1.807, 2.05) is 24.3 Å². The van der Waals surface area contributed by atoms with Crippen LogP contribution in [0.4, 0.5) is 5.69 Å². The second-order valence-electron chi connectivity index (χ2n) is 6.12. The van der Waals surface area contributed by atoms with Crippen molar-refractivity contribution in [2.75, 3.05) is 18.8 Å². The Labute approximate surface area is 146 Å². The van der Waals surface area contributed by atoms with Gasteiger partial charge in [-0.15, -0.1) is 0 Å². The minimum atomic E-state index is 0.491. The van der Waals surface area contributed by atoms with Crippen LogP contribution in [0.2, 0.25) is 0 Å². The normalized spacial score (nSPS) is 12.3. The molecule has 1 atom stereocenters. The van der Waals surface area contributed by atoms with Crippen LogP contribution in [0.5, 0.6) is 11.5 Å². The number of anilines is 1. The Hall–Kier alpha value is -2.00. The lowest BCUT2D eigenvalue weighted by atomic mass is 9.99. The summed E-state index contributed by atoms with van der Waals surface area (Å²) in [5.74, 6) is 1.67. The van der Waals surface area contributed by atoms with Gasteiger partial charge in [0.2, 0.25) is 0 Å². The van der Waals surface area contributed by atoms with Crippen LogP contribution in [0.3, 0.4) is 0 Å². The fraction of sp³-hybridized carbons (Fsp3) is 0.429. The summed E-state index contributed by atoms with van der Waals surface area (Å²) in [6.07, 6.45) is 3.69. The molecule has 2 rings (SSSR count). The number of nitrogens with two attached hydrogens (primary N) is 1. The second kappa shape index (κ2) is 9.33. The van der Waals surface area contributed by atoms with E-state index in [-0.39, 0.29) is 0 Å². The molecule has 24 heavy (non-hydrogen) atoms. The molecular formula is C21H30N2O. The molecule has 0 aliphatic rings. The molecule has 0 bridgehead atoms. The quantitative estimate of drug-likeness (QED) is 0.606. The van der Waals surface area contributed by atoms with E-state index in [2.05, 4.69) is 49.9 Å². The Bertz CT molecular complexity index is 588. The van der Waals surface area contributed by atoms with E-state index in [4.69, 9.17) is 10.5 Å². The summed E-state index contributed by atoms with van der Waals surface area (Å²) in [7, 11) is 0. The molecule has 3 heteroatoms. The van der Waals surface area contributed by atoms with Gasteiger partial charge < -0.3 is 10.5 Å². The molecular weight excluding hydrogens is 296 g/mol. The third-order valence-corrected chi connectivity index (χ3v) is 4.46. The first kappa shape index (κ1) is 18.3. The standard InChI is InChI=1S/C21H30N2O/c1-4-7-8-21(23(5-2)6-3)17-9-13-19(14-10-17)24-20-15-11-18(22)12-16-20/h9-16,21H,4-8,22H2,1-3H3. The van der Waals surface area contributed by atoms with Crippen molar-refractivity contribution < 1.29 is 4.74 Å². The number of unbranched alkanes of at least 4 members (excludes halogenated alkanes) is 1. The summed E-state index contributed by atoms with van der Waals surface area (Å²) in [5, 5.41) is 0. The van der Waals surface area contributed by atoms with Crippen molar-refractivity contribution in [2.24, 2.45) is 0 Å². The van der Waals surface area contributed by atoms with E-state index in [0.717, 1.165) is 30.3 Å². The molecule has 2 aromatic rings. The first-order chi connectivity index (χ1) is 11.7. The van der Waals surface area contributed by atoms with Crippen molar-refractivity contribution in [3.8, 4) is 11.5 Å². The lowest BCUT2D eigenvalue weighted by Gasteiger charge is -2.30. The van der Waals surface area contributed by atoms with Crippen molar-refractivity contribution in [3.05, 3.63) is 54.1 Å². The number of hydrogen-bond donors (Lipinski definition) is 1. The van der Waals surface area contributed by atoms with E-state index in [1.54, 1.807) is 0 Å². The highest BCUT2D eigenvalue weighted by atomic mass is 16.5. The summed E-state index contributed by atoms with van der Waals surface area (Å²) in [5.41, 5.74) is 7.83. The molecule has 0 heterocycles. The highest BCUT2D eigenvalue weighted by Gasteiger charge is 2.17. The van der Waals surface area contributed by atoms with Crippen molar-refractivity contribution in [1.82, 2.24) is 4.90 Å². The maximum atomic E-state index is 5.89. The third kappa shape index (κ3) is 5.00. The predicted octanol–water partition coefficient (Wildman–Crippen LogP) is 5.63. The second-order valence-corrected chi connectivity index (χ2v) is 6.12. The fourth-order valence-electron chi connectivity index (χ4n) is 3.05. The van der Waals surface area contributed by atoms with Crippen LogP contribution in [-0.2, 0) is 0 Å². The van der Waals surface area contributed by atoms with Gasteiger partial charge in [0.05, 0.1) is 0 Å². The summed E-state index contributed by atoms with van der Waals surface area (Å²) in [4.78, 5) is 2.53. The van der Waals surface area contributed by atoms with Crippen LogP contribution in [0.15, 0.2) is 48.5 Å². The Morgan fingerprint density at radius 3 is 1.92 bits per heavy atom. The molecule has 0 saturated heterocycles. The number of benzene rings is 2. The summed E-state index contributed by atoms with van der Waals surface area (Å²) < 4.78 is 5.89. The molecule has 0 aromatic heterocycles. The smallest absolute Gasteiger partial charge is 0.127 e. The van der Waals surface area contributed by atoms with Crippen molar-refractivity contribution in [2.45, 2.75) is 46.1 Å². The Morgan fingerprint density at radius 1 is 0.875 bits per heavy atom. The SMILES string of the molecule is CCCCC(c1ccc(Oc2ccc(N)cc2)cc1)N(CC)CC. The molecule has 0 fully saturated rings. The average molecular weight is 326 g/mol. The van der Waals surface area contributed by atoms with Gasteiger partial charge in [0.15, 0.2) is 0 Å². The van der Waals surface area contributed by atoms with Crippen molar-refractivity contribution in [1.29, 1.82) is 0 Å². The van der Waals surface area contributed by atoms with E-state index in [0.29, 0.717) is 6.04 Å². The molecule has 2 N–H and O–H groups in total. The number of ether oxygens (including phenoxy) is 1. The van der Waals surface area contributed by atoms with E-state index in [9.17, 15) is 0 Å². The lowest BCUT2D eigenvalue weighted by molar-refractivity contribution is 0.205. The Morgan fingerprint density at radius 2 is 1.42 bits per heavy atom. The van der Waals surface area contributed by atoms with Crippen LogP contribution in [0, 0.1) is 0 Å². The molecule has 130 valence electrons. The van der Waals surface area contributed by atoms with E-state index >= 15 is 0 Å². The fourth-order valence-corrected chi connectivity index (χ4v) is 3.05. The predicted molar refractivity (Wildman–Crippen MR) is 103 cm³/mol. The third-order valence-electron chi connectivity index (χ3n) is 4.46. The van der Waals surface area contributed by atoms with Gasteiger partial charge in [0.1, 0.15) is 11.5 Å². The van der Waals surface area contributed by atoms with Crippen LogP contribution in [-0.4, -0.2) is 18.0 Å². The molecule has 0 spiro atoms. The first-order valence-electron chi connectivity index (χ1n) is 9.05. The van der Waals surface area contributed by atoms with Crippen molar-refractivity contribution in [3.63, 3.8) is 0 Å². The lowest BCUT2D eigenvalue weighted by Crippen LogP contribution is -2.28. The summed E-state index contributed by atoms with van der Waals surface area (Å²) in [6.45, 7) is 8.88. The van der Waals surface area contributed by atoms with Crippen LogP contribution >= 0.6 is 0 Å². The molecule has 0 radical (unpaired) electrons. The number of rotatable bonds is 9. The van der Waals surface area contributed by atoms with Gasteiger partial charge >= 0.3 is 0 Å². The zero-order valence-corrected chi connectivity index (χ0v) is 15.2. The number of hydrogen-bond acceptors (Lipinski definition) is 3. The molecule has 0 amide bonds. The maximum absolute atomic E-state index is 5.89. The van der Waals surface area contributed by atoms with Crippen LogP contribution in [0.25, 0.3) is 0 Å². The minimum absolute atomic E-state index is 0.491. The highest BCUT2D eigenvalue weighted by molar-refractivity contribution is 5.43. The highest BCUT2D eigenvalue weighted by Crippen LogP contribution is 2.29. The Balaban J connectivity index is 2.11. The van der Waals surface area contributed by atoms with E-state index in [1.165, 1.54) is 24.8 Å². The largest absolute Gasteiger partial charge is 0.457 e. The van der Waals surface area contributed by atoms with Gasteiger partial charge in [-0.2, -0.15) is 0 Å². The molecule has 2 aromatic carbocycles. The maximum Gasteiger partial charge on any atom is 0.127 e. The van der Waals surface area contributed by atoms with Crippen LogP contribution in [0.1, 0.15) is 51.6 Å². The van der Waals surface area contributed by atoms with Gasteiger partial charge in [-0.1, -0.05) is 45.7 Å². The van der Waals surface area contributed by atoms with Gasteiger partial charge in [-0.05, 0) is 61.5 Å². The Kier molecular flexibility index (Phi) is 7.13. The monoisotopic (exact) mass is 326 g/mol. The molecule has 0 aliphatic carbocycles. The minimum Gasteiger partial charge on any atom is -0.457 e. The molecule has 0 aliphatic heterocycles. The van der Waals surface area contributed by atoms with Gasteiger partial charge in [-0.25, -0.2) is 0 Å². The molecule has 1 unspecified atom stereocenters. The topological polar surface area (TPSA) is 38.5 Å². The number of nitrogen functional groups attached to an aromatic ring is 1. The summed E-state index contributed by atoms with van der Waals surface area (Å²) in [6, 6.07) is 16.5. The zero-order valence-electron chi connectivity index (χ0n) is 15.2. The van der Waals surface area contributed by atoms with Crippen molar-refractivity contribution >= 4 is 5.69 Å². The zero-order chi connectivity index (χ0) is 17.4. The molecule has 0 saturated carbocycles. The average Bonchev–Trinajstić information content (AvgIpc) is 2.61. The molecule has 3 nitrogen and oxygen atoms in total. The van der Waals surface area contributed by atoms with Crippen LogP contribution < -0.4 is 10.5 Å². The summed E-state index contributed by atoms with van der Waals surface area (Å²) >= 11 is 0. The van der Waals surface area contributed by atoms with Gasteiger partial charge in [0.25, 0.3) is 0 Å².